The highest BCUT2D eigenvalue weighted by atomic mass is 79.9. The molecule has 0 saturated heterocycles. The Morgan fingerprint density at radius 2 is 1.89 bits per heavy atom. The van der Waals surface area contributed by atoms with E-state index >= 15 is 0 Å². The minimum atomic E-state index is -0.386. The van der Waals surface area contributed by atoms with Crippen molar-refractivity contribution in [2.75, 3.05) is 10.6 Å². The van der Waals surface area contributed by atoms with Crippen LogP contribution in [0.3, 0.4) is 0 Å². The quantitative estimate of drug-likeness (QED) is 0.659. The van der Waals surface area contributed by atoms with Crippen molar-refractivity contribution < 1.29 is 4.79 Å². The average Bonchev–Trinajstić information content (AvgIpc) is 3.11. The number of aromatic nitrogens is 3. The molecule has 1 atom stereocenters. The van der Waals surface area contributed by atoms with E-state index in [1.54, 1.807) is 4.68 Å². The molecule has 0 radical (unpaired) electrons. The van der Waals surface area contributed by atoms with Crippen LogP contribution in [0.25, 0.3) is 0 Å². The highest BCUT2D eigenvalue weighted by Gasteiger charge is 2.34. The highest BCUT2D eigenvalue weighted by Crippen LogP contribution is 2.38. The van der Waals surface area contributed by atoms with Crippen molar-refractivity contribution in [1.82, 2.24) is 14.8 Å². The van der Waals surface area contributed by atoms with E-state index in [1.165, 1.54) is 6.33 Å². The van der Waals surface area contributed by atoms with Crippen molar-refractivity contribution in [3.05, 3.63) is 81.7 Å². The fourth-order valence-corrected chi connectivity index (χ4v) is 3.77. The van der Waals surface area contributed by atoms with Gasteiger partial charge in [-0.2, -0.15) is 10.1 Å². The van der Waals surface area contributed by atoms with Gasteiger partial charge in [-0.1, -0.05) is 52.3 Å². The summed E-state index contributed by atoms with van der Waals surface area (Å²) in [6.45, 7) is 3.85. The summed E-state index contributed by atoms with van der Waals surface area (Å²) in [6.07, 6.45) is 1.49. The van der Waals surface area contributed by atoms with E-state index in [9.17, 15) is 4.79 Å². The Balaban J connectivity index is 1.80. The number of nitrogens with one attached hydrogen (secondary N) is 2. The van der Waals surface area contributed by atoms with Gasteiger partial charge < -0.3 is 10.6 Å². The molecule has 6 nitrogen and oxygen atoms in total. The third-order valence-corrected chi connectivity index (χ3v) is 5.35. The monoisotopic (exact) mass is 423 g/mol. The zero-order valence-electron chi connectivity index (χ0n) is 14.9. The summed E-state index contributed by atoms with van der Waals surface area (Å²) in [6, 6.07) is 15.2. The number of allylic oxidation sites excluding steroid dienone is 1. The Kier molecular flexibility index (Phi) is 4.53. The fraction of sp³-hybridized carbons (Fsp3) is 0.150. The van der Waals surface area contributed by atoms with Gasteiger partial charge in [0.25, 0.3) is 5.91 Å². The molecule has 0 bridgehead atoms. The predicted molar refractivity (Wildman–Crippen MR) is 108 cm³/mol. The lowest BCUT2D eigenvalue weighted by Gasteiger charge is -2.29. The van der Waals surface area contributed by atoms with Gasteiger partial charge in [0, 0.05) is 15.9 Å². The first-order chi connectivity index (χ1) is 13.1. The standard InChI is InChI=1S/C20H18BrN5O/c1-12-7-3-6-10-16(12)25-19(27)17-13(2)24-20-22-11-23-26(20)18(17)14-8-4-5-9-15(14)21/h3-11,18H,1-2H3,(H,25,27)(H,22,23,24)/t18-/m1/s1. The molecule has 0 saturated carbocycles. The maximum atomic E-state index is 13.3. The molecule has 2 heterocycles. The van der Waals surface area contributed by atoms with Crippen molar-refractivity contribution in [3.8, 4) is 0 Å². The van der Waals surface area contributed by atoms with Crippen LogP contribution in [0.1, 0.15) is 24.1 Å². The van der Waals surface area contributed by atoms with Gasteiger partial charge in [-0.05, 0) is 37.1 Å². The van der Waals surface area contributed by atoms with Crippen LogP contribution in [0, 0.1) is 6.92 Å². The van der Waals surface area contributed by atoms with Crippen molar-refractivity contribution in [1.29, 1.82) is 0 Å². The maximum Gasteiger partial charge on any atom is 0.255 e. The minimum absolute atomic E-state index is 0.170. The molecule has 7 heteroatoms. The van der Waals surface area contributed by atoms with E-state index in [1.807, 2.05) is 62.4 Å². The van der Waals surface area contributed by atoms with Gasteiger partial charge in [-0.15, -0.1) is 0 Å². The summed E-state index contributed by atoms with van der Waals surface area (Å²) in [5.41, 5.74) is 4.09. The molecule has 136 valence electrons. The molecule has 0 spiro atoms. The maximum absolute atomic E-state index is 13.3. The molecule has 1 aliphatic heterocycles. The Morgan fingerprint density at radius 1 is 1.15 bits per heavy atom. The minimum Gasteiger partial charge on any atom is -0.328 e. The molecule has 2 N–H and O–H groups in total. The summed E-state index contributed by atoms with van der Waals surface area (Å²) >= 11 is 3.61. The number of halogens is 1. The second-order valence-electron chi connectivity index (χ2n) is 6.38. The van der Waals surface area contributed by atoms with E-state index < -0.39 is 0 Å². The number of aryl methyl sites for hydroxylation is 1. The molecular formula is C20H18BrN5O. The lowest BCUT2D eigenvalue weighted by molar-refractivity contribution is -0.113. The lowest BCUT2D eigenvalue weighted by atomic mass is 9.95. The third-order valence-electron chi connectivity index (χ3n) is 4.63. The van der Waals surface area contributed by atoms with Crippen molar-refractivity contribution in [3.63, 3.8) is 0 Å². The first-order valence-electron chi connectivity index (χ1n) is 8.55. The van der Waals surface area contributed by atoms with Crippen LogP contribution in [0.5, 0.6) is 0 Å². The van der Waals surface area contributed by atoms with Crippen LogP contribution < -0.4 is 10.6 Å². The van der Waals surface area contributed by atoms with Gasteiger partial charge in [-0.25, -0.2) is 4.68 Å². The number of para-hydroxylation sites is 1. The number of benzene rings is 2. The van der Waals surface area contributed by atoms with E-state index in [-0.39, 0.29) is 11.9 Å². The summed E-state index contributed by atoms with van der Waals surface area (Å²) < 4.78 is 2.65. The number of carbonyl (C=O) groups excluding carboxylic acids is 1. The first-order valence-corrected chi connectivity index (χ1v) is 9.34. The van der Waals surface area contributed by atoms with Gasteiger partial charge in [0.15, 0.2) is 0 Å². The van der Waals surface area contributed by atoms with E-state index in [4.69, 9.17) is 0 Å². The molecule has 0 aliphatic carbocycles. The highest BCUT2D eigenvalue weighted by molar-refractivity contribution is 9.10. The van der Waals surface area contributed by atoms with Crippen LogP contribution in [0.15, 0.2) is 70.6 Å². The normalized spacial score (nSPS) is 15.9. The fourth-order valence-electron chi connectivity index (χ4n) is 3.27. The van der Waals surface area contributed by atoms with Gasteiger partial charge in [0.05, 0.1) is 5.57 Å². The number of amides is 1. The molecule has 0 fully saturated rings. The van der Waals surface area contributed by atoms with Gasteiger partial charge in [0.2, 0.25) is 5.95 Å². The number of hydrogen-bond acceptors (Lipinski definition) is 4. The molecule has 1 aromatic heterocycles. The third kappa shape index (κ3) is 3.14. The summed E-state index contributed by atoms with van der Waals surface area (Å²) in [5, 5.41) is 10.6. The Hall–Kier alpha value is -2.93. The van der Waals surface area contributed by atoms with Crippen molar-refractivity contribution in [2.24, 2.45) is 0 Å². The Morgan fingerprint density at radius 3 is 2.67 bits per heavy atom. The molecule has 1 amide bonds. The molecule has 1 aliphatic rings. The van der Waals surface area contributed by atoms with Crippen molar-refractivity contribution in [2.45, 2.75) is 19.9 Å². The second kappa shape index (κ2) is 7.00. The van der Waals surface area contributed by atoms with E-state index in [2.05, 4.69) is 36.6 Å². The Bertz CT molecular complexity index is 1060. The van der Waals surface area contributed by atoms with Crippen LogP contribution in [0.4, 0.5) is 11.6 Å². The number of rotatable bonds is 3. The van der Waals surface area contributed by atoms with Crippen LogP contribution in [-0.4, -0.2) is 20.7 Å². The SMILES string of the molecule is CC1=C(C(=O)Nc2ccccc2C)[C@@H](c2ccccc2Br)n2ncnc2N1. The first kappa shape index (κ1) is 17.5. The van der Waals surface area contributed by atoms with Gasteiger partial charge in [-0.3, -0.25) is 4.79 Å². The van der Waals surface area contributed by atoms with Crippen LogP contribution in [0.2, 0.25) is 0 Å². The lowest BCUT2D eigenvalue weighted by Crippen LogP contribution is -2.31. The van der Waals surface area contributed by atoms with Crippen LogP contribution in [-0.2, 0) is 4.79 Å². The summed E-state index contributed by atoms with van der Waals surface area (Å²) in [5.74, 6) is 0.442. The smallest absolute Gasteiger partial charge is 0.255 e. The molecule has 2 aromatic carbocycles. The largest absolute Gasteiger partial charge is 0.328 e. The number of fused-ring (bicyclic) bond motifs is 1. The number of nitrogens with zero attached hydrogens (tertiary/aromatic N) is 3. The molecule has 27 heavy (non-hydrogen) atoms. The molecule has 0 unspecified atom stereocenters. The predicted octanol–water partition coefficient (Wildman–Crippen LogP) is 4.28. The molecule has 4 rings (SSSR count). The van der Waals surface area contributed by atoms with E-state index in [0.29, 0.717) is 11.5 Å². The molecule has 3 aromatic rings. The topological polar surface area (TPSA) is 71.8 Å². The van der Waals surface area contributed by atoms with Gasteiger partial charge >= 0.3 is 0 Å². The zero-order valence-corrected chi connectivity index (χ0v) is 16.5. The zero-order chi connectivity index (χ0) is 19.0. The van der Waals surface area contributed by atoms with E-state index in [0.717, 1.165) is 27.0 Å². The van der Waals surface area contributed by atoms with Crippen molar-refractivity contribution >= 4 is 33.5 Å². The van der Waals surface area contributed by atoms with Crippen LogP contribution >= 0.6 is 15.9 Å². The summed E-state index contributed by atoms with van der Waals surface area (Å²) in [4.78, 5) is 17.5. The number of carbonyl (C=O) groups is 1. The summed E-state index contributed by atoms with van der Waals surface area (Å²) in [7, 11) is 0. The average molecular weight is 424 g/mol. The number of anilines is 2. The van der Waals surface area contributed by atoms with Gasteiger partial charge in [0.1, 0.15) is 12.4 Å². The Labute approximate surface area is 165 Å². The second-order valence-corrected chi connectivity index (χ2v) is 7.24. The molecular weight excluding hydrogens is 406 g/mol. The number of hydrogen-bond donors (Lipinski definition) is 2.